The minimum atomic E-state index is -0.0455. The van der Waals surface area contributed by atoms with Crippen molar-refractivity contribution >= 4 is 0 Å². The molecule has 1 fully saturated rings. The van der Waals surface area contributed by atoms with Gasteiger partial charge in [0, 0.05) is 42.8 Å². The lowest BCUT2D eigenvalue weighted by atomic mass is 9.80. The van der Waals surface area contributed by atoms with E-state index in [0.29, 0.717) is 6.61 Å². The molecule has 0 unspecified atom stereocenters. The minimum absolute atomic E-state index is 0.0455. The predicted molar refractivity (Wildman–Crippen MR) is 108 cm³/mol. The summed E-state index contributed by atoms with van der Waals surface area (Å²) in [7, 11) is 0. The molecule has 2 aliphatic rings. The number of aryl methyl sites for hydroxylation is 1. The van der Waals surface area contributed by atoms with Crippen LogP contribution in [0.2, 0.25) is 0 Å². The second kappa shape index (κ2) is 7.08. The van der Waals surface area contributed by atoms with Crippen molar-refractivity contribution in [3.05, 3.63) is 77.4 Å². The zero-order valence-electron chi connectivity index (χ0n) is 16.1. The molecule has 5 nitrogen and oxygen atoms in total. The van der Waals surface area contributed by atoms with Crippen LogP contribution in [-0.2, 0) is 23.3 Å². The maximum absolute atomic E-state index is 5.98. The maximum Gasteiger partial charge on any atom is 0.160 e. The van der Waals surface area contributed by atoms with Crippen LogP contribution >= 0.6 is 0 Å². The van der Waals surface area contributed by atoms with Gasteiger partial charge in [0.05, 0.1) is 24.3 Å². The van der Waals surface area contributed by atoms with Gasteiger partial charge in [-0.15, -0.1) is 0 Å². The van der Waals surface area contributed by atoms with Crippen LogP contribution in [0, 0.1) is 6.92 Å². The van der Waals surface area contributed by atoms with Gasteiger partial charge in [0.2, 0.25) is 0 Å². The number of rotatable bonds is 3. The minimum Gasteiger partial charge on any atom is -0.376 e. The van der Waals surface area contributed by atoms with Gasteiger partial charge in [-0.2, -0.15) is 0 Å². The third kappa shape index (κ3) is 3.11. The van der Waals surface area contributed by atoms with Crippen LogP contribution in [0.4, 0.5) is 0 Å². The van der Waals surface area contributed by atoms with Gasteiger partial charge in [0.1, 0.15) is 0 Å². The van der Waals surface area contributed by atoms with Crippen LogP contribution in [0.25, 0.3) is 11.4 Å². The molecule has 0 radical (unpaired) electrons. The van der Waals surface area contributed by atoms with Gasteiger partial charge in [-0.25, -0.2) is 9.97 Å². The van der Waals surface area contributed by atoms with Gasteiger partial charge in [-0.3, -0.25) is 9.88 Å². The highest BCUT2D eigenvalue weighted by molar-refractivity contribution is 5.54. The number of pyridine rings is 1. The summed E-state index contributed by atoms with van der Waals surface area (Å²) in [5, 5.41) is 0. The van der Waals surface area contributed by atoms with Crippen LogP contribution in [0.1, 0.15) is 28.8 Å². The van der Waals surface area contributed by atoms with Crippen molar-refractivity contribution in [2.75, 3.05) is 19.7 Å². The Balaban J connectivity index is 1.45. The van der Waals surface area contributed by atoms with Crippen molar-refractivity contribution in [1.82, 2.24) is 19.9 Å². The Morgan fingerprint density at radius 3 is 2.93 bits per heavy atom. The molecule has 1 spiro atoms. The summed E-state index contributed by atoms with van der Waals surface area (Å²) >= 11 is 0. The lowest BCUT2D eigenvalue weighted by molar-refractivity contribution is 0.0503. The highest BCUT2D eigenvalue weighted by Crippen LogP contribution is 2.40. The summed E-state index contributed by atoms with van der Waals surface area (Å²) in [5.74, 6) is 0.755. The normalized spacial score (nSPS) is 21.8. The molecule has 1 saturated heterocycles. The summed E-state index contributed by atoms with van der Waals surface area (Å²) in [4.78, 5) is 16.3. The lowest BCUT2D eigenvalue weighted by Crippen LogP contribution is -2.40. The van der Waals surface area contributed by atoms with E-state index in [9.17, 15) is 0 Å². The number of fused-ring (bicyclic) bond motifs is 2. The zero-order chi connectivity index (χ0) is 19.0. The fourth-order valence-electron chi connectivity index (χ4n) is 4.46. The number of hydrogen-bond acceptors (Lipinski definition) is 5. The quantitative estimate of drug-likeness (QED) is 0.704. The molecule has 5 heteroatoms. The average molecular weight is 372 g/mol. The smallest absolute Gasteiger partial charge is 0.160 e. The Kier molecular flexibility index (Phi) is 4.41. The number of hydrogen-bond donors (Lipinski definition) is 0. The lowest BCUT2D eigenvalue weighted by Gasteiger charge is -2.34. The molecule has 2 aromatic heterocycles. The Morgan fingerprint density at radius 2 is 2.07 bits per heavy atom. The third-order valence-corrected chi connectivity index (χ3v) is 6.01. The van der Waals surface area contributed by atoms with E-state index in [1.54, 1.807) is 6.20 Å². The van der Waals surface area contributed by atoms with E-state index in [0.717, 1.165) is 49.6 Å². The van der Waals surface area contributed by atoms with E-state index < -0.39 is 0 Å². The Morgan fingerprint density at radius 1 is 1.14 bits per heavy atom. The number of aromatic nitrogens is 3. The number of likely N-dealkylation sites (tertiary alicyclic amines) is 1. The highest BCUT2D eigenvalue weighted by Gasteiger charge is 2.44. The predicted octanol–water partition coefficient (Wildman–Crippen LogP) is 3.52. The van der Waals surface area contributed by atoms with Crippen molar-refractivity contribution in [2.24, 2.45) is 0 Å². The standard InChI is InChI=1S/C23H24N4O/c1-17-5-2-3-6-19(17)13-27-10-8-23(15-27)16-28-14-20-12-25-22(26-21(20)23)18-7-4-9-24-11-18/h2-7,9,11-12H,8,10,13-16H2,1H3/t23-/m1/s1. The zero-order valence-corrected chi connectivity index (χ0v) is 16.1. The fourth-order valence-corrected chi connectivity index (χ4v) is 4.46. The van der Waals surface area contributed by atoms with Crippen molar-refractivity contribution in [3.8, 4) is 11.4 Å². The van der Waals surface area contributed by atoms with Gasteiger partial charge < -0.3 is 4.74 Å². The summed E-state index contributed by atoms with van der Waals surface area (Å²) in [6.07, 6.45) is 6.61. The molecule has 0 bridgehead atoms. The van der Waals surface area contributed by atoms with Crippen LogP contribution in [-0.4, -0.2) is 39.5 Å². The molecular formula is C23H24N4O. The molecule has 2 aliphatic heterocycles. The van der Waals surface area contributed by atoms with Gasteiger partial charge in [-0.05, 0) is 43.1 Å². The van der Waals surface area contributed by atoms with Crippen molar-refractivity contribution in [2.45, 2.75) is 31.9 Å². The summed E-state index contributed by atoms with van der Waals surface area (Å²) in [5.41, 5.74) is 5.95. The first kappa shape index (κ1) is 17.5. The topological polar surface area (TPSA) is 51.1 Å². The first-order valence-electron chi connectivity index (χ1n) is 9.85. The molecular weight excluding hydrogens is 348 g/mol. The maximum atomic E-state index is 5.98. The number of benzene rings is 1. The first-order valence-corrected chi connectivity index (χ1v) is 9.85. The largest absolute Gasteiger partial charge is 0.376 e. The summed E-state index contributed by atoms with van der Waals surface area (Å²) in [6.45, 7) is 6.52. The Labute approximate surface area is 165 Å². The number of ether oxygens (including phenoxy) is 1. The molecule has 142 valence electrons. The van der Waals surface area contributed by atoms with Crippen LogP contribution in [0.15, 0.2) is 55.0 Å². The van der Waals surface area contributed by atoms with Crippen LogP contribution in [0.5, 0.6) is 0 Å². The first-order chi connectivity index (χ1) is 13.7. The van der Waals surface area contributed by atoms with Crippen molar-refractivity contribution in [1.29, 1.82) is 0 Å². The van der Waals surface area contributed by atoms with E-state index >= 15 is 0 Å². The van der Waals surface area contributed by atoms with Gasteiger partial charge in [0.25, 0.3) is 0 Å². The Bertz CT molecular complexity index is 991. The van der Waals surface area contributed by atoms with Gasteiger partial charge in [-0.1, -0.05) is 24.3 Å². The van der Waals surface area contributed by atoms with E-state index in [2.05, 4.69) is 46.1 Å². The Hall–Kier alpha value is -2.63. The van der Waals surface area contributed by atoms with Crippen LogP contribution < -0.4 is 0 Å². The van der Waals surface area contributed by atoms with Gasteiger partial charge >= 0.3 is 0 Å². The van der Waals surface area contributed by atoms with E-state index in [1.165, 1.54) is 16.8 Å². The van der Waals surface area contributed by atoms with Crippen molar-refractivity contribution in [3.63, 3.8) is 0 Å². The molecule has 0 amide bonds. The molecule has 1 aromatic carbocycles. The second-order valence-electron chi connectivity index (χ2n) is 7.97. The monoisotopic (exact) mass is 372 g/mol. The second-order valence-corrected chi connectivity index (χ2v) is 7.97. The van der Waals surface area contributed by atoms with E-state index in [1.807, 2.05) is 24.5 Å². The summed E-state index contributed by atoms with van der Waals surface area (Å²) in [6, 6.07) is 12.6. The molecule has 3 aromatic rings. The van der Waals surface area contributed by atoms with Gasteiger partial charge in [0.15, 0.2) is 5.82 Å². The molecule has 28 heavy (non-hydrogen) atoms. The molecule has 4 heterocycles. The molecule has 5 rings (SSSR count). The highest BCUT2D eigenvalue weighted by atomic mass is 16.5. The van der Waals surface area contributed by atoms with Crippen molar-refractivity contribution < 1.29 is 4.74 Å². The summed E-state index contributed by atoms with van der Waals surface area (Å²) < 4.78 is 5.98. The van der Waals surface area contributed by atoms with Crippen LogP contribution in [0.3, 0.4) is 0 Å². The molecule has 0 N–H and O–H groups in total. The fraction of sp³-hybridized carbons (Fsp3) is 0.348. The average Bonchev–Trinajstić information content (AvgIpc) is 3.14. The van der Waals surface area contributed by atoms with E-state index in [4.69, 9.17) is 9.72 Å². The SMILES string of the molecule is Cc1ccccc1CN1CC[C@]2(COCc3cnc(-c4cccnc4)nc32)C1. The molecule has 1 atom stereocenters. The van der Waals surface area contributed by atoms with E-state index in [-0.39, 0.29) is 5.41 Å². The number of nitrogens with zero attached hydrogens (tertiary/aromatic N) is 4. The third-order valence-electron chi connectivity index (χ3n) is 6.01. The molecule has 0 saturated carbocycles. The molecule has 0 aliphatic carbocycles.